The third kappa shape index (κ3) is 2.26. The van der Waals surface area contributed by atoms with E-state index < -0.39 is 5.97 Å². The Kier molecular flexibility index (Phi) is 2.96. The van der Waals surface area contributed by atoms with E-state index in [1.54, 1.807) is 6.20 Å². The molecule has 2 aromatic heterocycles. The maximum Gasteiger partial charge on any atom is 0.356 e. The molecule has 0 aliphatic carbocycles. The number of benzene rings is 1. The summed E-state index contributed by atoms with van der Waals surface area (Å²) in [5.41, 5.74) is 1.54. The summed E-state index contributed by atoms with van der Waals surface area (Å²) in [6.07, 6.45) is 4.40. The number of hydrogen-bond donors (Lipinski definition) is 2. The predicted molar refractivity (Wildman–Crippen MR) is 74.0 cm³/mol. The van der Waals surface area contributed by atoms with Crippen LogP contribution in [0.3, 0.4) is 0 Å². The van der Waals surface area contributed by atoms with E-state index in [1.165, 1.54) is 12.4 Å². The number of nitrogens with one attached hydrogen (secondary N) is 1. The molecule has 0 saturated carbocycles. The van der Waals surface area contributed by atoms with Gasteiger partial charge in [0.2, 0.25) is 0 Å². The normalized spacial score (nSPS) is 10.4. The third-order valence-electron chi connectivity index (χ3n) is 2.76. The zero-order valence-corrected chi connectivity index (χ0v) is 10.3. The molecule has 0 aliphatic rings. The number of hydrogen-bond acceptors (Lipinski definition) is 5. The number of aromatic carboxylic acids is 1. The highest BCUT2D eigenvalue weighted by molar-refractivity contribution is 5.92. The van der Waals surface area contributed by atoms with Crippen molar-refractivity contribution < 1.29 is 9.90 Å². The van der Waals surface area contributed by atoms with Crippen LogP contribution >= 0.6 is 0 Å². The van der Waals surface area contributed by atoms with E-state index in [0.29, 0.717) is 5.82 Å². The van der Waals surface area contributed by atoms with Crippen LogP contribution < -0.4 is 5.32 Å². The summed E-state index contributed by atoms with van der Waals surface area (Å²) in [6, 6.07) is 9.41. The standard InChI is InChI=1S/C14H10N4O2/c19-14(20)12-7-15-8-13(18-12)17-11-5-1-4-10-9(11)3-2-6-16-10/h1-8H,(H,17,18)(H,19,20). The lowest BCUT2D eigenvalue weighted by atomic mass is 10.2. The van der Waals surface area contributed by atoms with Crippen molar-refractivity contribution in [2.24, 2.45) is 0 Å². The van der Waals surface area contributed by atoms with Crippen molar-refractivity contribution in [2.75, 3.05) is 5.32 Å². The SMILES string of the molecule is O=C(O)c1cncc(Nc2cccc3ncccc23)n1. The highest BCUT2D eigenvalue weighted by atomic mass is 16.4. The molecule has 0 aliphatic heterocycles. The monoisotopic (exact) mass is 266 g/mol. The summed E-state index contributed by atoms with van der Waals surface area (Å²) in [5, 5.41) is 12.9. The number of rotatable bonds is 3. The predicted octanol–water partition coefficient (Wildman–Crippen LogP) is 2.47. The summed E-state index contributed by atoms with van der Waals surface area (Å²) in [6.45, 7) is 0. The van der Waals surface area contributed by atoms with Gasteiger partial charge in [-0.25, -0.2) is 9.78 Å². The third-order valence-corrected chi connectivity index (χ3v) is 2.76. The summed E-state index contributed by atoms with van der Waals surface area (Å²) >= 11 is 0. The van der Waals surface area contributed by atoms with Gasteiger partial charge in [0.25, 0.3) is 0 Å². The van der Waals surface area contributed by atoms with Gasteiger partial charge in [-0.3, -0.25) is 9.97 Å². The molecule has 20 heavy (non-hydrogen) atoms. The number of aromatic nitrogens is 3. The zero-order chi connectivity index (χ0) is 13.9. The first-order valence-corrected chi connectivity index (χ1v) is 5.90. The van der Waals surface area contributed by atoms with Crippen molar-refractivity contribution in [3.63, 3.8) is 0 Å². The minimum atomic E-state index is -1.11. The lowest BCUT2D eigenvalue weighted by molar-refractivity contribution is 0.0690. The molecule has 0 atom stereocenters. The summed E-state index contributed by atoms with van der Waals surface area (Å²) in [5.74, 6) is -0.734. The Morgan fingerprint density at radius 3 is 2.90 bits per heavy atom. The molecule has 0 amide bonds. The van der Waals surface area contributed by atoms with Crippen molar-refractivity contribution in [3.8, 4) is 0 Å². The highest BCUT2D eigenvalue weighted by Gasteiger charge is 2.07. The molecule has 2 N–H and O–H groups in total. The van der Waals surface area contributed by atoms with Gasteiger partial charge >= 0.3 is 5.97 Å². The van der Waals surface area contributed by atoms with E-state index in [9.17, 15) is 4.79 Å². The topological polar surface area (TPSA) is 88.0 Å². The summed E-state index contributed by atoms with van der Waals surface area (Å²) in [7, 11) is 0. The quantitative estimate of drug-likeness (QED) is 0.757. The minimum Gasteiger partial charge on any atom is -0.476 e. The smallest absolute Gasteiger partial charge is 0.356 e. The number of carboxylic acid groups (broad SMARTS) is 1. The van der Waals surface area contributed by atoms with Crippen LogP contribution in [0.25, 0.3) is 10.9 Å². The van der Waals surface area contributed by atoms with Crippen molar-refractivity contribution in [1.82, 2.24) is 15.0 Å². The van der Waals surface area contributed by atoms with Crippen LogP contribution in [0.2, 0.25) is 0 Å². The Morgan fingerprint density at radius 1 is 1.15 bits per heavy atom. The van der Waals surface area contributed by atoms with E-state index in [-0.39, 0.29) is 5.69 Å². The van der Waals surface area contributed by atoms with Crippen LogP contribution in [-0.2, 0) is 0 Å². The van der Waals surface area contributed by atoms with Gasteiger partial charge in [-0.1, -0.05) is 6.07 Å². The molecule has 3 rings (SSSR count). The summed E-state index contributed by atoms with van der Waals surface area (Å²) < 4.78 is 0. The number of anilines is 2. The second-order valence-electron chi connectivity index (χ2n) is 4.10. The molecule has 0 radical (unpaired) electrons. The molecular formula is C14H10N4O2. The van der Waals surface area contributed by atoms with Gasteiger partial charge in [0, 0.05) is 17.3 Å². The van der Waals surface area contributed by atoms with E-state index in [1.807, 2.05) is 30.3 Å². The number of carbonyl (C=O) groups is 1. The average Bonchev–Trinajstić information content (AvgIpc) is 2.48. The fraction of sp³-hybridized carbons (Fsp3) is 0. The zero-order valence-electron chi connectivity index (χ0n) is 10.3. The molecule has 1 aromatic carbocycles. The molecule has 0 unspecified atom stereocenters. The first-order chi connectivity index (χ1) is 9.74. The average molecular weight is 266 g/mol. The van der Waals surface area contributed by atoms with Crippen LogP contribution in [0.4, 0.5) is 11.5 Å². The van der Waals surface area contributed by atoms with Gasteiger partial charge < -0.3 is 10.4 Å². The molecule has 2 heterocycles. The molecule has 98 valence electrons. The molecule has 3 aromatic rings. The fourth-order valence-electron chi connectivity index (χ4n) is 1.88. The summed E-state index contributed by atoms with van der Waals surface area (Å²) in [4.78, 5) is 23.0. The van der Waals surface area contributed by atoms with E-state index in [0.717, 1.165) is 16.6 Å². The van der Waals surface area contributed by atoms with Crippen LogP contribution in [-0.4, -0.2) is 26.0 Å². The first kappa shape index (κ1) is 12.0. The van der Waals surface area contributed by atoms with Crippen LogP contribution in [0.5, 0.6) is 0 Å². The number of pyridine rings is 1. The van der Waals surface area contributed by atoms with Gasteiger partial charge in [-0.15, -0.1) is 0 Å². The van der Waals surface area contributed by atoms with Gasteiger partial charge in [0.05, 0.1) is 17.9 Å². The fourth-order valence-corrected chi connectivity index (χ4v) is 1.88. The maximum absolute atomic E-state index is 10.9. The molecule has 0 spiro atoms. The Labute approximate surface area is 114 Å². The van der Waals surface area contributed by atoms with Gasteiger partial charge in [-0.05, 0) is 24.3 Å². The molecule has 0 saturated heterocycles. The lowest BCUT2D eigenvalue weighted by Crippen LogP contribution is -2.04. The number of nitrogens with zero attached hydrogens (tertiary/aromatic N) is 3. The van der Waals surface area contributed by atoms with Crippen molar-refractivity contribution in [2.45, 2.75) is 0 Å². The molecule has 0 fully saturated rings. The van der Waals surface area contributed by atoms with Crippen molar-refractivity contribution in [1.29, 1.82) is 0 Å². The Morgan fingerprint density at radius 2 is 2.05 bits per heavy atom. The van der Waals surface area contributed by atoms with E-state index in [4.69, 9.17) is 5.11 Å². The molecule has 6 nitrogen and oxygen atoms in total. The Balaban J connectivity index is 2.01. The molecule has 0 bridgehead atoms. The highest BCUT2D eigenvalue weighted by Crippen LogP contribution is 2.23. The Bertz CT molecular complexity index is 783. The Hall–Kier alpha value is -3.02. The van der Waals surface area contributed by atoms with Gasteiger partial charge in [0.1, 0.15) is 5.82 Å². The van der Waals surface area contributed by atoms with Crippen LogP contribution in [0, 0.1) is 0 Å². The largest absolute Gasteiger partial charge is 0.476 e. The number of carboxylic acids is 1. The van der Waals surface area contributed by atoms with Crippen LogP contribution in [0.15, 0.2) is 48.9 Å². The maximum atomic E-state index is 10.9. The number of fused-ring (bicyclic) bond motifs is 1. The first-order valence-electron chi connectivity index (χ1n) is 5.90. The van der Waals surface area contributed by atoms with Gasteiger partial charge in [-0.2, -0.15) is 0 Å². The van der Waals surface area contributed by atoms with E-state index >= 15 is 0 Å². The second kappa shape index (κ2) is 4.93. The van der Waals surface area contributed by atoms with Crippen molar-refractivity contribution >= 4 is 28.4 Å². The molecular weight excluding hydrogens is 256 g/mol. The lowest BCUT2D eigenvalue weighted by Gasteiger charge is -2.08. The van der Waals surface area contributed by atoms with E-state index in [2.05, 4.69) is 20.3 Å². The van der Waals surface area contributed by atoms with Crippen LogP contribution in [0.1, 0.15) is 10.5 Å². The minimum absolute atomic E-state index is 0.103. The molecule has 6 heteroatoms. The van der Waals surface area contributed by atoms with Gasteiger partial charge in [0.15, 0.2) is 5.69 Å². The second-order valence-corrected chi connectivity index (χ2v) is 4.10. The van der Waals surface area contributed by atoms with Crippen molar-refractivity contribution in [3.05, 3.63) is 54.6 Å².